The summed E-state index contributed by atoms with van der Waals surface area (Å²) in [5, 5.41) is 10.2. The van der Waals surface area contributed by atoms with Crippen molar-refractivity contribution in [2.24, 2.45) is 0 Å². The molecule has 28 heavy (non-hydrogen) atoms. The van der Waals surface area contributed by atoms with E-state index in [0.717, 1.165) is 25.7 Å². The monoisotopic (exact) mass is 381 g/mol. The Bertz CT molecular complexity index is 1000. The highest BCUT2D eigenvalue weighted by Crippen LogP contribution is 2.45. The fourth-order valence-electron chi connectivity index (χ4n) is 4.92. The molecule has 4 rings (SSSR count). The Morgan fingerprint density at radius 1 is 1.14 bits per heavy atom. The maximum absolute atomic E-state index is 12.6. The Labute approximate surface area is 164 Å². The molecule has 0 bridgehead atoms. The minimum Gasteiger partial charge on any atom is -0.501 e. The minimum atomic E-state index is -0.709. The van der Waals surface area contributed by atoms with Crippen molar-refractivity contribution < 1.29 is 9.90 Å². The molecule has 6 nitrogen and oxygen atoms in total. The third kappa shape index (κ3) is 2.91. The number of carbonyl (C=O) groups excluding carboxylic acids is 1. The zero-order valence-corrected chi connectivity index (χ0v) is 16.8. The molecule has 0 radical (unpaired) electrons. The van der Waals surface area contributed by atoms with Crippen LogP contribution < -0.4 is 5.56 Å². The topological polar surface area (TPSA) is 75.4 Å². The van der Waals surface area contributed by atoms with Crippen LogP contribution in [0.5, 0.6) is 5.75 Å². The lowest BCUT2D eigenvalue weighted by Crippen LogP contribution is -2.42. The van der Waals surface area contributed by atoms with Crippen molar-refractivity contribution in [3.63, 3.8) is 0 Å². The maximum atomic E-state index is 12.6. The lowest BCUT2D eigenvalue weighted by molar-refractivity contribution is 0.0737. The average Bonchev–Trinajstić information content (AvgIpc) is 3.13. The van der Waals surface area contributed by atoms with E-state index in [1.54, 1.807) is 11.6 Å². The summed E-state index contributed by atoms with van der Waals surface area (Å²) < 4.78 is 1.77. The summed E-state index contributed by atoms with van der Waals surface area (Å²) in [5.74, 6) is -0.244. The molecule has 1 saturated carbocycles. The maximum Gasteiger partial charge on any atom is 0.315 e. The molecule has 1 aromatic heterocycles. The standard InChI is InChI=1S/C22H27N3O3/c1-14-6-7-15(2)16(12-14)22(8-4-5-9-22)13-17-23-20(27)19(26)18-21(28)24(3)10-11-25(17)18/h6-7,12,26H,4-5,8-11,13H2,1-3H3. The Kier molecular flexibility index (Phi) is 4.52. The Morgan fingerprint density at radius 3 is 2.57 bits per heavy atom. The van der Waals surface area contributed by atoms with Crippen molar-refractivity contribution in [2.75, 3.05) is 13.6 Å². The number of benzene rings is 1. The Morgan fingerprint density at radius 2 is 1.86 bits per heavy atom. The molecule has 0 saturated heterocycles. The van der Waals surface area contributed by atoms with Gasteiger partial charge in [-0.2, -0.15) is 4.98 Å². The number of carbonyl (C=O) groups is 1. The SMILES string of the molecule is Cc1ccc(C)c(C2(Cc3nc(=O)c(O)c4n3CCN(C)C4=O)CCCC2)c1. The highest BCUT2D eigenvalue weighted by Gasteiger charge is 2.39. The van der Waals surface area contributed by atoms with Crippen LogP contribution in [0.1, 0.15) is 58.7 Å². The van der Waals surface area contributed by atoms with Gasteiger partial charge >= 0.3 is 5.56 Å². The zero-order chi connectivity index (χ0) is 20.1. The number of aromatic hydroxyl groups is 1. The van der Waals surface area contributed by atoms with Crippen molar-refractivity contribution in [3.8, 4) is 5.75 Å². The largest absolute Gasteiger partial charge is 0.501 e. The van der Waals surface area contributed by atoms with Gasteiger partial charge < -0.3 is 14.6 Å². The van der Waals surface area contributed by atoms with Crippen LogP contribution in [-0.4, -0.2) is 39.1 Å². The second kappa shape index (κ2) is 6.76. The summed E-state index contributed by atoms with van der Waals surface area (Å²) >= 11 is 0. The Balaban J connectivity index is 1.86. The van der Waals surface area contributed by atoms with Crippen molar-refractivity contribution in [3.05, 3.63) is 56.8 Å². The number of aromatic nitrogens is 2. The molecule has 1 N–H and O–H groups in total. The second-order valence-electron chi connectivity index (χ2n) is 8.39. The van der Waals surface area contributed by atoms with Gasteiger partial charge in [-0.25, -0.2) is 0 Å². The van der Waals surface area contributed by atoms with Gasteiger partial charge in [0.15, 0.2) is 5.69 Å². The highest BCUT2D eigenvalue weighted by molar-refractivity contribution is 5.95. The van der Waals surface area contributed by atoms with Crippen LogP contribution in [0, 0.1) is 13.8 Å². The summed E-state index contributed by atoms with van der Waals surface area (Å²) in [6, 6.07) is 6.55. The molecule has 0 spiro atoms. The number of hydrogen-bond acceptors (Lipinski definition) is 4. The van der Waals surface area contributed by atoms with Crippen LogP contribution in [0.15, 0.2) is 23.0 Å². The van der Waals surface area contributed by atoms with E-state index >= 15 is 0 Å². The van der Waals surface area contributed by atoms with E-state index in [1.165, 1.54) is 21.6 Å². The summed E-state index contributed by atoms with van der Waals surface area (Å²) in [4.78, 5) is 30.7. The van der Waals surface area contributed by atoms with E-state index in [9.17, 15) is 14.7 Å². The first-order valence-corrected chi connectivity index (χ1v) is 9.98. The number of aryl methyl sites for hydroxylation is 2. The van der Waals surface area contributed by atoms with Gasteiger partial charge in [-0.3, -0.25) is 9.59 Å². The molecule has 0 atom stereocenters. The van der Waals surface area contributed by atoms with Gasteiger partial charge in [-0.05, 0) is 37.8 Å². The fourth-order valence-corrected chi connectivity index (χ4v) is 4.92. The smallest absolute Gasteiger partial charge is 0.315 e. The normalized spacial score (nSPS) is 18.4. The molecule has 2 heterocycles. The minimum absolute atomic E-state index is 0.0814. The van der Waals surface area contributed by atoms with Crippen LogP contribution in [0.3, 0.4) is 0 Å². The van der Waals surface area contributed by atoms with E-state index < -0.39 is 11.3 Å². The van der Waals surface area contributed by atoms with Gasteiger partial charge in [-0.1, -0.05) is 36.6 Å². The zero-order valence-electron chi connectivity index (χ0n) is 16.8. The molecular formula is C22H27N3O3. The first-order chi connectivity index (χ1) is 13.3. The van der Waals surface area contributed by atoms with E-state index in [4.69, 9.17) is 0 Å². The van der Waals surface area contributed by atoms with Crippen LogP contribution in [-0.2, 0) is 18.4 Å². The molecule has 148 valence electrons. The third-order valence-corrected chi connectivity index (χ3v) is 6.47. The summed E-state index contributed by atoms with van der Waals surface area (Å²) in [7, 11) is 1.68. The average molecular weight is 381 g/mol. The van der Waals surface area contributed by atoms with E-state index in [0.29, 0.717) is 25.3 Å². The molecule has 1 fully saturated rings. The predicted molar refractivity (Wildman–Crippen MR) is 107 cm³/mol. The molecule has 1 aromatic carbocycles. The molecule has 1 aliphatic carbocycles. The number of nitrogens with zero attached hydrogens (tertiary/aromatic N) is 3. The quantitative estimate of drug-likeness (QED) is 0.887. The molecule has 6 heteroatoms. The first-order valence-electron chi connectivity index (χ1n) is 9.98. The van der Waals surface area contributed by atoms with Crippen LogP contribution in [0.2, 0.25) is 0 Å². The van der Waals surface area contributed by atoms with Gasteiger partial charge in [0, 0.05) is 32.0 Å². The van der Waals surface area contributed by atoms with Crippen LogP contribution in [0.4, 0.5) is 0 Å². The van der Waals surface area contributed by atoms with Gasteiger partial charge in [0.2, 0.25) is 5.75 Å². The molecule has 1 amide bonds. The Hall–Kier alpha value is -2.63. The van der Waals surface area contributed by atoms with Crippen molar-refractivity contribution >= 4 is 5.91 Å². The van der Waals surface area contributed by atoms with E-state index in [2.05, 4.69) is 37.0 Å². The second-order valence-corrected chi connectivity index (χ2v) is 8.39. The first kappa shape index (κ1) is 18.7. The van der Waals surface area contributed by atoms with Crippen LogP contribution >= 0.6 is 0 Å². The lowest BCUT2D eigenvalue weighted by Gasteiger charge is -2.34. The van der Waals surface area contributed by atoms with Gasteiger partial charge in [0.25, 0.3) is 5.91 Å². The number of amides is 1. The number of fused-ring (bicyclic) bond motifs is 1. The highest BCUT2D eigenvalue weighted by atomic mass is 16.3. The number of likely N-dealkylation sites (N-methyl/N-ethyl adjacent to an activating group) is 1. The van der Waals surface area contributed by atoms with Crippen molar-refractivity contribution in [2.45, 2.75) is 57.9 Å². The molecule has 2 aromatic rings. The van der Waals surface area contributed by atoms with Gasteiger partial charge in [-0.15, -0.1) is 0 Å². The summed E-state index contributed by atoms with van der Waals surface area (Å²) in [6.07, 6.45) is 4.97. The van der Waals surface area contributed by atoms with Crippen molar-refractivity contribution in [1.82, 2.24) is 14.5 Å². The van der Waals surface area contributed by atoms with E-state index in [-0.39, 0.29) is 17.0 Å². The predicted octanol–water partition coefficient (Wildman–Crippen LogP) is 2.71. The van der Waals surface area contributed by atoms with Gasteiger partial charge in [0.05, 0.1) is 0 Å². The molecule has 2 aliphatic rings. The van der Waals surface area contributed by atoms with Gasteiger partial charge in [0.1, 0.15) is 5.82 Å². The third-order valence-electron chi connectivity index (χ3n) is 6.47. The summed E-state index contributed by atoms with van der Waals surface area (Å²) in [6.45, 7) is 5.32. The molecule has 1 aliphatic heterocycles. The molecular weight excluding hydrogens is 354 g/mol. The molecule has 0 unspecified atom stereocenters. The van der Waals surface area contributed by atoms with Crippen LogP contribution in [0.25, 0.3) is 0 Å². The number of hydrogen-bond donors (Lipinski definition) is 1. The summed E-state index contributed by atoms with van der Waals surface area (Å²) in [5.41, 5.74) is 3.09. The fraction of sp³-hybridized carbons (Fsp3) is 0.500. The van der Waals surface area contributed by atoms with E-state index in [1.807, 2.05) is 0 Å². The van der Waals surface area contributed by atoms with Crippen molar-refractivity contribution in [1.29, 1.82) is 0 Å². The lowest BCUT2D eigenvalue weighted by atomic mass is 9.73. The number of rotatable bonds is 3.